The minimum Gasteiger partial charge on any atom is -0.497 e. The topological polar surface area (TPSA) is 64.1 Å². The van der Waals surface area contributed by atoms with E-state index < -0.39 is 12.8 Å². The molecule has 0 aliphatic carbocycles. The Labute approximate surface area is 197 Å². The normalized spacial score (nSPS) is 11.4. The van der Waals surface area contributed by atoms with Gasteiger partial charge in [-0.15, -0.1) is 24.0 Å². The number of aliphatic imine (C=N–C) groups is 1. The van der Waals surface area contributed by atoms with Gasteiger partial charge in [-0.05, 0) is 42.3 Å². The minimum atomic E-state index is -4.41. The molecule has 0 heterocycles. The van der Waals surface area contributed by atoms with E-state index in [4.69, 9.17) is 14.2 Å². The zero-order valence-electron chi connectivity index (χ0n) is 17.6. The van der Waals surface area contributed by atoms with Gasteiger partial charge in [-0.25, -0.2) is 4.99 Å². The second kappa shape index (κ2) is 13.1. The summed E-state index contributed by atoms with van der Waals surface area (Å²) in [5.74, 6) is 1.66. The number of ether oxygens (including phenoxy) is 3. The average Bonchev–Trinajstić information content (AvgIpc) is 2.74. The second-order valence-corrected chi connectivity index (χ2v) is 6.29. The predicted octanol–water partition coefficient (Wildman–Crippen LogP) is 4.52. The Hall–Kier alpha value is -2.37. The highest BCUT2D eigenvalue weighted by molar-refractivity contribution is 14.0. The lowest BCUT2D eigenvalue weighted by Crippen LogP contribution is -2.36. The van der Waals surface area contributed by atoms with Gasteiger partial charge in [0.1, 0.15) is 5.75 Å². The Morgan fingerprint density at radius 2 is 1.61 bits per heavy atom. The van der Waals surface area contributed by atoms with Crippen molar-refractivity contribution in [3.63, 3.8) is 0 Å². The first-order valence-electron chi connectivity index (χ1n) is 9.36. The van der Waals surface area contributed by atoms with Crippen molar-refractivity contribution in [3.8, 4) is 17.2 Å². The molecule has 0 fully saturated rings. The smallest absolute Gasteiger partial charge is 0.422 e. The van der Waals surface area contributed by atoms with Gasteiger partial charge in [0.05, 0.1) is 20.8 Å². The zero-order chi connectivity index (χ0) is 22.0. The third-order valence-electron chi connectivity index (χ3n) is 4.00. The molecule has 0 unspecified atom stereocenters. The molecule has 172 valence electrons. The molecule has 6 nitrogen and oxygen atoms in total. The van der Waals surface area contributed by atoms with Crippen molar-refractivity contribution in [1.82, 2.24) is 10.6 Å². The van der Waals surface area contributed by atoms with Crippen molar-refractivity contribution in [2.45, 2.75) is 26.2 Å². The SMILES string of the molecule is CCNC(=NCc1ccc(OCC(F)(F)F)c(OC)c1)NCc1ccc(OC)cc1.I. The van der Waals surface area contributed by atoms with Gasteiger partial charge in [-0.2, -0.15) is 13.2 Å². The molecule has 0 spiro atoms. The van der Waals surface area contributed by atoms with Crippen molar-refractivity contribution in [2.24, 2.45) is 4.99 Å². The summed E-state index contributed by atoms with van der Waals surface area (Å²) in [4.78, 5) is 4.52. The summed E-state index contributed by atoms with van der Waals surface area (Å²) in [7, 11) is 3.00. The van der Waals surface area contributed by atoms with Crippen LogP contribution in [0.2, 0.25) is 0 Å². The Balaban J connectivity index is 0.00000480. The molecule has 0 bridgehead atoms. The molecule has 0 radical (unpaired) electrons. The Morgan fingerprint density at radius 3 is 2.19 bits per heavy atom. The van der Waals surface area contributed by atoms with E-state index >= 15 is 0 Å². The fourth-order valence-corrected chi connectivity index (χ4v) is 2.53. The number of hydrogen-bond acceptors (Lipinski definition) is 4. The van der Waals surface area contributed by atoms with Crippen LogP contribution in [-0.4, -0.2) is 39.5 Å². The van der Waals surface area contributed by atoms with Gasteiger partial charge in [0.15, 0.2) is 24.1 Å². The molecule has 2 rings (SSSR count). The molecule has 31 heavy (non-hydrogen) atoms. The van der Waals surface area contributed by atoms with Crippen molar-refractivity contribution in [3.05, 3.63) is 53.6 Å². The summed E-state index contributed by atoms with van der Waals surface area (Å²) in [6, 6.07) is 12.4. The maximum atomic E-state index is 12.4. The van der Waals surface area contributed by atoms with Crippen LogP contribution < -0.4 is 24.8 Å². The number of nitrogens with one attached hydrogen (secondary N) is 2. The molecular formula is C21H27F3IN3O3. The van der Waals surface area contributed by atoms with Gasteiger partial charge < -0.3 is 24.8 Å². The van der Waals surface area contributed by atoms with Crippen LogP contribution in [0, 0.1) is 0 Å². The van der Waals surface area contributed by atoms with Crippen molar-refractivity contribution in [1.29, 1.82) is 0 Å². The zero-order valence-corrected chi connectivity index (χ0v) is 19.9. The van der Waals surface area contributed by atoms with Gasteiger partial charge >= 0.3 is 6.18 Å². The first-order valence-corrected chi connectivity index (χ1v) is 9.36. The summed E-state index contributed by atoms with van der Waals surface area (Å²) in [6.45, 7) is 2.15. The highest BCUT2D eigenvalue weighted by Gasteiger charge is 2.29. The first kappa shape index (κ1) is 26.7. The Bertz CT molecular complexity index is 831. The number of guanidine groups is 1. The quantitative estimate of drug-likeness (QED) is 0.272. The van der Waals surface area contributed by atoms with Gasteiger partial charge in [-0.3, -0.25) is 0 Å². The van der Waals surface area contributed by atoms with Gasteiger partial charge in [0.2, 0.25) is 0 Å². The van der Waals surface area contributed by atoms with E-state index in [2.05, 4.69) is 15.6 Å². The summed E-state index contributed by atoms with van der Waals surface area (Å²) in [5, 5.41) is 6.39. The summed E-state index contributed by atoms with van der Waals surface area (Å²) < 4.78 is 52.2. The molecule has 0 aliphatic rings. The second-order valence-electron chi connectivity index (χ2n) is 6.29. The highest BCUT2D eigenvalue weighted by atomic mass is 127. The molecule has 0 saturated carbocycles. The molecule has 0 amide bonds. The van der Waals surface area contributed by atoms with E-state index in [9.17, 15) is 13.2 Å². The molecule has 0 atom stereocenters. The molecule has 0 saturated heterocycles. The summed E-state index contributed by atoms with van der Waals surface area (Å²) >= 11 is 0. The number of methoxy groups -OCH3 is 2. The minimum absolute atomic E-state index is 0. The Kier molecular flexibility index (Phi) is 11.3. The average molecular weight is 553 g/mol. The monoisotopic (exact) mass is 553 g/mol. The fourth-order valence-electron chi connectivity index (χ4n) is 2.53. The third-order valence-corrected chi connectivity index (χ3v) is 4.00. The number of nitrogens with zero attached hydrogens (tertiary/aromatic N) is 1. The van der Waals surface area contributed by atoms with Crippen LogP contribution in [0.1, 0.15) is 18.1 Å². The van der Waals surface area contributed by atoms with Crippen LogP contribution in [0.4, 0.5) is 13.2 Å². The van der Waals surface area contributed by atoms with Crippen LogP contribution in [0.25, 0.3) is 0 Å². The molecule has 2 aromatic rings. The molecule has 2 N–H and O–H groups in total. The number of benzene rings is 2. The Morgan fingerprint density at radius 1 is 0.935 bits per heavy atom. The van der Waals surface area contributed by atoms with Gasteiger partial charge in [0.25, 0.3) is 0 Å². The predicted molar refractivity (Wildman–Crippen MR) is 125 cm³/mol. The van der Waals surface area contributed by atoms with Crippen molar-refractivity contribution in [2.75, 3.05) is 27.4 Å². The van der Waals surface area contributed by atoms with Crippen LogP contribution >= 0.6 is 24.0 Å². The lowest BCUT2D eigenvalue weighted by molar-refractivity contribution is -0.153. The molecular weight excluding hydrogens is 526 g/mol. The number of hydrogen-bond donors (Lipinski definition) is 2. The molecule has 0 aromatic heterocycles. The molecule has 0 aliphatic heterocycles. The number of halogens is 4. The van der Waals surface area contributed by atoms with Gasteiger partial charge in [0, 0.05) is 13.1 Å². The van der Waals surface area contributed by atoms with E-state index in [0.29, 0.717) is 25.6 Å². The maximum absolute atomic E-state index is 12.4. The van der Waals surface area contributed by atoms with Crippen molar-refractivity contribution >= 4 is 29.9 Å². The van der Waals surface area contributed by atoms with E-state index in [-0.39, 0.29) is 35.5 Å². The summed E-state index contributed by atoms with van der Waals surface area (Å²) in [6.07, 6.45) is -4.41. The van der Waals surface area contributed by atoms with E-state index in [1.165, 1.54) is 13.2 Å². The summed E-state index contributed by atoms with van der Waals surface area (Å²) in [5.41, 5.74) is 1.84. The van der Waals surface area contributed by atoms with E-state index in [1.807, 2.05) is 31.2 Å². The molecule has 2 aromatic carbocycles. The largest absolute Gasteiger partial charge is 0.497 e. The third kappa shape index (κ3) is 9.53. The lowest BCUT2D eigenvalue weighted by Gasteiger charge is -2.14. The maximum Gasteiger partial charge on any atom is 0.422 e. The molecule has 10 heteroatoms. The lowest BCUT2D eigenvalue weighted by atomic mass is 10.2. The van der Waals surface area contributed by atoms with Crippen molar-refractivity contribution < 1.29 is 27.4 Å². The van der Waals surface area contributed by atoms with E-state index in [0.717, 1.165) is 16.9 Å². The van der Waals surface area contributed by atoms with Crippen LogP contribution in [-0.2, 0) is 13.1 Å². The van der Waals surface area contributed by atoms with Crippen LogP contribution in [0.5, 0.6) is 17.2 Å². The van der Waals surface area contributed by atoms with Gasteiger partial charge in [-0.1, -0.05) is 18.2 Å². The fraction of sp³-hybridized carbons (Fsp3) is 0.381. The number of alkyl halides is 3. The first-order chi connectivity index (χ1) is 14.3. The number of rotatable bonds is 9. The van der Waals surface area contributed by atoms with E-state index in [1.54, 1.807) is 19.2 Å². The van der Waals surface area contributed by atoms with Crippen LogP contribution in [0.3, 0.4) is 0 Å². The highest BCUT2D eigenvalue weighted by Crippen LogP contribution is 2.30. The van der Waals surface area contributed by atoms with Crippen LogP contribution in [0.15, 0.2) is 47.5 Å². The standard InChI is InChI=1S/C21H26F3N3O3.HI/c1-4-25-20(26-12-15-5-8-17(28-2)9-6-15)27-13-16-7-10-18(19(11-16)29-3)30-14-21(22,23)24;/h5-11H,4,12-14H2,1-3H3,(H2,25,26,27);1H.